The van der Waals surface area contributed by atoms with Gasteiger partial charge in [0, 0.05) is 58.4 Å². The van der Waals surface area contributed by atoms with Crippen molar-refractivity contribution in [2.24, 2.45) is 11.5 Å². The van der Waals surface area contributed by atoms with Gasteiger partial charge in [0.1, 0.15) is 12.2 Å². The SMILES string of the molecule is CC(C)(C)OC(=O)NCCCCC(N)CNCCN(CCN)CCNC(=O)OCc1ccccc1. The number of carbonyl (C=O) groups is 2. The third-order valence-electron chi connectivity index (χ3n) is 5.04. The predicted molar refractivity (Wildman–Crippen MR) is 139 cm³/mol. The first-order valence-electron chi connectivity index (χ1n) is 12.5. The summed E-state index contributed by atoms with van der Waals surface area (Å²) < 4.78 is 10.4. The summed E-state index contributed by atoms with van der Waals surface area (Å²) in [5, 5.41) is 8.93. The van der Waals surface area contributed by atoms with E-state index in [4.69, 9.17) is 20.9 Å². The van der Waals surface area contributed by atoms with Crippen LogP contribution in [0.4, 0.5) is 9.59 Å². The molecule has 0 aliphatic rings. The largest absolute Gasteiger partial charge is 0.445 e. The van der Waals surface area contributed by atoms with Crippen LogP contribution in [-0.2, 0) is 16.1 Å². The van der Waals surface area contributed by atoms with Crippen LogP contribution < -0.4 is 27.4 Å². The van der Waals surface area contributed by atoms with Crippen LogP contribution in [-0.4, -0.2) is 81.1 Å². The topological polar surface area (TPSA) is 144 Å². The molecule has 0 bridgehead atoms. The van der Waals surface area contributed by atoms with Gasteiger partial charge in [0.05, 0.1) is 0 Å². The van der Waals surface area contributed by atoms with Gasteiger partial charge in [0.25, 0.3) is 0 Å². The second kappa shape index (κ2) is 18.0. The first-order chi connectivity index (χ1) is 16.7. The summed E-state index contributed by atoms with van der Waals surface area (Å²) in [6.07, 6.45) is 1.86. The summed E-state index contributed by atoms with van der Waals surface area (Å²) in [5.74, 6) is 0. The van der Waals surface area contributed by atoms with E-state index in [1.54, 1.807) is 0 Å². The molecule has 0 heterocycles. The molecule has 0 saturated carbocycles. The summed E-state index contributed by atoms with van der Waals surface area (Å²) in [4.78, 5) is 25.7. The zero-order valence-corrected chi connectivity index (χ0v) is 21.7. The molecule has 0 aliphatic carbocycles. The maximum Gasteiger partial charge on any atom is 0.407 e. The Morgan fingerprint density at radius 3 is 2.34 bits per heavy atom. The monoisotopic (exact) mass is 494 g/mol. The van der Waals surface area contributed by atoms with E-state index < -0.39 is 11.7 Å². The quantitative estimate of drug-likeness (QED) is 0.206. The maximum absolute atomic E-state index is 11.9. The molecular weight excluding hydrogens is 448 g/mol. The number of alkyl carbamates (subject to hydrolysis) is 2. The number of carbonyl (C=O) groups excluding carboxylic acids is 2. The van der Waals surface area contributed by atoms with E-state index in [-0.39, 0.29) is 18.7 Å². The van der Waals surface area contributed by atoms with Crippen molar-refractivity contribution in [1.29, 1.82) is 0 Å². The lowest BCUT2D eigenvalue weighted by Crippen LogP contribution is -2.42. The lowest BCUT2D eigenvalue weighted by molar-refractivity contribution is 0.0527. The van der Waals surface area contributed by atoms with Crippen molar-refractivity contribution in [3.05, 3.63) is 35.9 Å². The van der Waals surface area contributed by atoms with Gasteiger partial charge >= 0.3 is 12.2 Å². The van der Waals surface area contributed by atoms with E-state index in [0.29, 0.717) is 26.2 Å². The number of nitrogens with zero attached hydrogens (tertiary/aromatic N) is 1. The van der Waals surface area contributed by atoms with Crippen LogP contribution in [0.5, 0.6) is 0 Å². The molecule has 0 saturated heterocycles. The Morgan fingerprint density at radius 1 is 0.971 bits per heavy atom. The average molecular weight is 495 g/mol. The van der Waals surface area contributed by atoms with Gasteiger partial charge in [0.15, 0.2) is 0 Å². The minimum Gasteiger partial charge on any atom is -0.445 e. The molecule has 10 nitrogen and oxygen atoms in total. The smallest absolute Gasteiger partial charge is 0.407 e. The summed E-state index contributed by atoms with van der Waals surface area (Å²) in [5.41, 5.74) is 12.4. The van der Waals surface area contributed by atoms with Crippen molar-refractivity contribution in [3.63, 3.8) is 0 Å². The molecule has 0 aliphatic heterocycles. The van der Waals surface area contributed by atoms with E-state index in [1.807, 2.05) is 51.1 Å². The van der Waals surface area contributed by atoms with Gasteiger partial charge in [-0.15, -0.1) is 0 Å². The Bertz CT molecular complexity index is 699. The third-order valence-corrected chi connectivity index (χ3v) is 5.04. The molecule has 0 fully saturated rings. The maximum atomic E-state index is 11.9. The number of rotatable bonds is 17. The van der Waals surface area contributed by atoms with Gasteiger partial charge in [-0.2, -0.15) is 0 Å². The van der Waals surface area contributed by atoms with Crippen molar-refractivity contribution in [3.8, 4) is 0 Å². The Kier molecular flexibility index (Phi) is 15.7. The van der Waals surface area contributed by atoms with Crippen molar-refractivity contribution in [1.82, 2.24) is 20.9 Å². The predicted octanol–water partition coefficient (Wildman–Crippen LogP) is 1.79. The van der Waals surface area contributed by atoms with E-state index in [0.717, 1.165) is 51.0 Å². The minimum absolute atomic E-state index is 0.0561. The molecule has 1 aromatic carbocycles. The summed E-state index contributed by atoms with van der Waals surface area (Å²) >= 11 is 0. The summed E-state index contributed by atoms with van der Waals surface area (Å²) in [6, 6.07) is 9.63. The molecule has 1 aromatic rings. The molecule has 1 atom stereocenters. The molecule has 7 N–H and O–H groups in total. The number of unbranched alkanes of at least 4 members (excludes halogenated alkanes) is 1. The average Bonchev–Trinajstić information content (AvgIpc) is 2.79. The Balaban J connectivity index is 2.07. The lowest BCUT2D eigenvalue weighted by atomic mass is 10.1. The molecule has 35 heavy (non-hydrogen) atoms. The molecule has 0 aromatic heterocycles. The normalized spacial score (nSPS) is 12.3. The Morgan fingerprint density at radius 2 is 1.66 bits per heavy atom. The van der Waals surface area contributed by atoms with Crippen molar-refractivity contribution >= 4 is 12.2 Å². The first-order valence-corrected chi connectivity index (χ1v) is 12.5. The lowest BCUT2D eigenvalue weighted by Gasteiger charge is -2.22. The number of ether oxygens (including phenoxy) is 2. The van der Waals surface area contributed by atoms with Crippen molar-refractivity contribution in [2.45, 2.75) is 58.3 Å². The third kappa shape index (κ3) is 17.7. The molecule has 200 valence electrons. The van der Waals surface area contributed by atoms with Crippen LogP contribution in [0.15, 0.2) is 30.3 Å². The molecule has 0 spiro atoms. The fraction of sp³-hybridized carbons (Fsp3) is 0.680. The van der Waals surface area contributed by atoms with E-state index >= 15 is 0 Å². The van der Waals surface area contributed by atoms with Crippen LogP contribution in [0.2, 0.25) is 0 Å². The van der Waals surface area contributed by atoms with Crippen LogP contribution in [0.25, 0.3) is 0 Å². The highest BCUT2D eigenvalue weighted by Gasteiger charge is 2.15. The highest BCUT2D eigenvalue weighted by atomic mass is 16.6. The van der Waals surface area contributed by atoms with Crippen LogP contribution in [0.3, 0.4) is 0 Å². The van der Waals surface area contributed by atoms with E-state index in [9.17, 15) is 9.59 Å². The molecule has 1 rings (SSSR count). The fourth-order valence-corrected chi connectivity index (χ4v) is 3.27. The zero-order chi connectivity index (χ0) is 25.9. The van der Waals surface area contributed by atoms with Gasteiger partial charge in [0.2, 0.25) is 0 Å². The van der Waals surface area contributed by atoms with Crippen LogP contribution >= 0.6 is 0 Å². The van der Waals surface area contributed by atoms with Gasteiger partial charge in [-0.05, 0) is 39.2 Å². The standard InChI is InChI=1S/C25H46N6O4/c1-25(2,3)35-24(33)29-13-8-7-11-22(27)19-28-14-17-31(16-12-26)18-15-30-23(32)34-20-21-9-5-4-6-10-21/h4-6,9-10,22,28H,7-8,11-20,26-27H2,1-3H3,(H,29,33)(H,30,32). The second-order valence-electron chi connectivity index (χ2n) is 9.51. The highest BCUT2D eigenvalue weighted by Crippen LogP contribution is 2.06. The van der Waals surface area contributed by atoms with E-state index in [2.05, 4.69) is 20.9 Å². The van der Waals surface area contributed by atoms with Gasteiger partial charge in [-0.1, -0.05) is 36.8 Å². The highest BCUT2D eigenvalue weighted by molar-refractivity contribution is 5.67. The number of nitrogens with two attached hydrogens (primary N) is 2. The fourth-order valence-electron chi connectivity index (χ4n) is 3.27. The minimum atomic E-state index is -0.483. The zero-order valence-electron chi connectivity index (χ0n) is 21.7. The van der Waals surface area contributed by atoms with Gasteiger partial charge in [-0.3, -0.25) is 4.90 Å². The van der Waals surface area contributed by atoms with Crippen LogP contribution in [0, 0.1) is 0 Å². The Labute approximate surface area is 210 Å². The van der Waals surface area contributed by atoms with Crippen molar-refractivity contribution in [2.75, 3.05) is 52.4 Å². The first kappa shape index (κ1) is 30.6. The summed E-state index contributed by atoms with van der Waals surface area (Å²) in [7, 11) is 0. The number of hydrogen-bond acceptors (Lipinski definition) is 8. The number of benzene rings is 1. The van der Waals surface area contributed by atoms with Gasteiger partial charge < -0.3 is 36.9 Å². The Hall–Kier alpha value is -2.40. The second-order valence-corrected chi connectivity index (χ2v) is 9.51. The molecule has 10 heteroatoms. The van der Waals surface area contributed by atoms with E-state index in [1.165, 1.54) is 0 Å². The number of amides is 2. The molecule has 2 amide bonds. The molecule has 0 radical (unpaired) electrons. The summed E-state index contributed by atoms with van der Waals surface area (Å²) in [6.45, 7) is 11.2. The number of hydrogen-bond donors (Lipinski definition) is 5. The van der Waals surface area contributed by atoms with Crippen LogP contribution in [0.1, 0.15) is 45.6 Å². The molecule has 1 unspecified atom stereocenters. The van der Waals surface area contributed by atoms with Crippen molar-refractivity contribution < 1.29 is 19.1 Å². The number of nitrogens with one attached hydrogen (secondary N) is 3. The molecular formula is C25H46N6O4. The van der Waals surface area contributed by atoms with Gasteiger partial charge in [-0.25, -0.2) is 9.59 Å².